The van der Waals surface area contributed by atoms with E-state index in [0.717, 1.165) is 32.5 Å². The van der Waals surface area contributed by atoms with Crippen molar-refractivity contribution in [1.29, 1.82) is 0 Å². The molecule has 30 heavy (non-hydrogen) atoms. The molecule has 0 spiro atoms. The lowest BCUT2D eigenvalue weighted by molar-refractivity contribution is -0.0885. The third-order valence-electron chi connectivity index (χ3n) is 5.72. The summed E-state index contributed by atoms with van der Waals surface area (Å²) in [6.45, 7) is 9.39. The quantitative estimate of drug-likeness (QED) is 0.561. The monoisotopic (exact) mass is 404 g/mol. The Morgan fingerprint density at radius 3 is 1.97 bits per heavy atom. The summed E-state index contributed by atoms with van der Waals surface area (Å²) in [6, 6.07) is 21.4. The third kappa shape index (κ3) is 6.07. The first-order valence-corrected chi connectivity index (χ1v) is 11.0. The number of ether oxygens (including phenoxy) is 2. The fourth-order valence-corrected chi connectivity index (χ4v) is 3.92. The molecule has 0 N–H and O–H groups in total. The van der Waals surface area contributed by atoms with Crippen molar-refractivity contribution in [2.75, 3.05) is 13.2 Å². The summed E-state index contributed by atoms with van der Waals surface area (Å²) in [5.74, 6) is 0.417. The summed E-state index contributed by atoms with van der Waals surface area (Å²) in [5, 5.41) is 0. The van der Waals surface area contributed by atoms with E-state index in [1.165, 1.54) is 16.6 Å². The first kappa shape index (κ1) is 22.3. The molecule has 0 amide bonds. The number of rotatable bonds is 7. The molecule has 1 fully saturated rings. The fraction of sp³-hybridized carbons (Fsp3) is 0.400. The lowest BCUT2D eigenvalue weighted by atomic mass is 9.39. The van der Waals surface area contributed by atoms with Gasteiger partial charge in [0.2, 0.25) is 6.71 Å². The van der Waals surface area contributed by atoms with Crippen LogP contribution in [-0.4, -0.2) is 35.8 Å². The highest BCUT2D eigenvalue weighted by Gasteiger charge is 2.25. The Bertz CT molecular complexity index is 808. The Hall–Kier alpha value is -2.37. The normalized spacial score (nSPS) is 14.8. The minimum absolute atomic E-state index is 0.0307. The second kappa shape index (κ2) is 11.7. The predicted octanol–water partition coefficient (Wildman–Crippen LogP) is 3.91. The van der Waals surface area contributed by atoms with Crippen LogP contribution in [0.3, 0.4) is 0 Å². The summed E-state index contributed by atoms with van der Waals surface area (Å²) in [6.07, 6.45) is 5.92. The average Bonchev–Trinajstić information content (AvgIpc) is 3.47. The number of hydrogen-bond donors (Lipinski definition) is 0. The maximum atomic E-state index is 5.54. The summed E-state index contributed by atoms with van der Waals surface area (Å²) < 4.78 is 13.2. The van der Waals surface area contributed by atoms with Crippen LogP contribution in [0.15, 0.2) is 73.2 Å². The first-order chi connectivity index (χ1) is 14.7. The van der Waals surface area contributed by atoms with Gasteiger partial charge in [-0.2, -0.15) is 0 Å². The number of benzene rings is 2. The van der Waals surface area contributed by atoms with E-state index in [1.54, 1.807) is 0 Å². The molecule has 3 aromatic rings. The van der Waals surface area contributed by atoms with Crippen LogP contribution < -0.4 is 10.9 Å². The maximum Gasteiger partial charge on any atom is 0.209 e. The summed E-state index contributed by atoms with van der Waals surface area (Å²) >= 11 is 0. The van der Waals surface area contributed by atoms with E-state index in [0.29, 0.717) is 12.6 Å². The van der Waals surface area contributed by atoms with Gasteiger partial charge >= 0.3 is 0 Å². The topological polar surface area (TPSA) is 36.3 Å². The van der Waals surface area contributed by atoms with Crippen molar-refractivity contribution in [2.45, 2.75) is 46.3 Å². The van der Waals surface area contributed by atoms with Gasteiger partial charge in [0, 0.05) is 24.4 Å². The summed E-state index contributed by atoms with van der Waals surface area (Å²) in [4.78, 5) is 4.12. The molecule has 4 rings (SSSR count). The highest BCUT2D eigenvalue weighted by molar-refractivity contribution is 6.85. The van der Waals surface area contributed by atoms with Crippen molar-refractivity contribution >= 4 is 17.6 Å². The van der Waals surface area contributed by atoms with Crippen LogP contribution in [-0.2, 0) is 16.0 Å². The molecule has 1 aromatic heterocycles. The molecule has 0 bridgehead atoms. The van der Waals surface area contributed by atoms with E-state index >= 15 is 0 Å². The molecule has 0 radical (unpaired) electrons. The number of aryl methyl sites for hydroxylation is 1. The van der Waals surface area contributed by atoms with Gasteiger partial charge in [0.05, 0.1) is 19.5 Å². The minimum Gasteiger partial charge on any atom is -0.350 e. The zero-order valence-electron chi connectivity index (χ0n) is 18.4. The van der Waals surface area contributed by atoms with Crippen molar-refractivity contribution in [2.24, 2.45) is 5.92 Å². The molecule has 2 heterocycles. The van der Waals surface area contributed by atoms with Gasteiger partial charge in [-0.15, -0.1) is 0 Å². The van der Waals surface area contributed by atoms with Crippen LogP contribution in [0, 0.1) is 12.8 Å². The number of hydrogen-bond acceptors (Lipinski definition) is 3. The molecule has 158 valence electrons. The van der Waals surface area contributed by atoms with E-state index in [-0.39, 0.29) is 6.29 Å². The number of nitrogens with zero attached hydrogens (tertiary/aromatic N) is 2. The molecule has 1 aliphatic rings. The van der Waals surface area contributed by atoms with Crippen LogP contribution in [0.1, 0.15) is 26.0 Å². The predicted molar refractivity (Wildman–Crippen MR) is 125 cm³/mol. The Morgan fingerprint density at radius 2 is 1.53 bits per heavy atom. The second-order valence-corrected chi connectivity index (χ2v) is 7.75. The molecule has 2 aromatic carbocycles. The van der Waals surface area contributed by atoms with Crippen LogP contribution in [0.25, 0.3) is 0 Å². The molecule has 1 aliphatic heterocycles. The molecular weight excluding hydrogens is 371 g/mol. The lowest BCUT2D eigenvalue weighted by Crippen LogP contribution is -2.41. The molecule has 0 aliphatic carbocycles. The van der Waals surface area contributed by atoms with E-state index in [2.05, 4.69) is 91.0 Å². The van der Waals surface area contributed by atoms with Gasteiger partial charge in [0.25, 0.3) is 0 Å². The highest BCUT2D eigenvalue weighted by atomic mass is 16.7. The molecule has 0 saturated carbocycles. The largest absolute Gasteiger partial charge is 0.350 e. The van der Waals surface area contributed by atoms with Gasteiger partial charge in [0.1, 0.15) is 0 Å². The van der Waals surface area contributed by atoms with E-state index in [1.807, 2.05) is 12.5 Å². The van der Waals surface area contributed by atoms with Crippen LogP contribution in [0.2, 0.25) is 6.32 Å². The Kier molecular flexibility index (Phi) is 8.73. The second-order valence-electron chi connectivity index (χ2n) is 7.75. The zero-order valence-corrected chi connectivity index (χ0v) is 18.4. The van der Waals surface area contributed by atoms with Crippen molar-refractivity contribution in [3.63, 3.8) is 0 Å². The van der Waals surface area contributed by atoms with Crippen LogP contribution in [0.5, 0.6) is 0 Å². The SMILES string of the molecule is CCB(c1ccccc1)c1ccccc1.CCC(Cn1cncc1C)C1OCCO1. The van der Waals surface area contributed by atoms with E-state index < -0.39 is 0 Å². The molecule has 4 nitrogen and oxygen atoms in total. The molecule has 1 saturated heterocycles. The fourth-order valence-electron chi connectivity index (χ4n) is 3.92. The van der Waals surface area contributed by atoms with Gasteiger partial charge < -0.3 is 14.0 Å². The third-order valence-corrected chi connectivity index (χ3v) is 5.72. The maximum absolute atomic E-state index is 5.54. The van der Waals surface area contributed by atoms with Gasteiger partial charge in [-0.1, -0.05) is 91.8 Å². The number of imidazole rings is 1. The van der Waals surface area contributed by atoms with Gasteiger partial charge in [-0.25, -0.2) is 4.98 Å². The van der Waals surface area contributed by atoms with Crippen LogP contribution in [0.4, 0.5) is 0 Å². The lowest BCUT2D eigenvalue weighted by Gasteiger charge is -2.21. The van der Waals surface area contributed by atoms with Crippen molar-refractivity contribution in [3.8, 4) is 0 Å². The summed E-state index contributed by atoms with van der Waals surface area (Å²) in [5.41, 5.74) is 4.00. The van der Waals surface area contributed by atoms with Crippen LogP contribution >= 0.6 is 0 Å². The minimum atomic E-state index is -0.0307. The van der Waals surface area contributed by atoms with Crippen molar-refractivity contribution in [1.82, 2.24) is 9.55 Å². The van der Waals surface area contributed by atoms with Crippen molar-refractivity contribution in [3.05, 3.63) is 78.9 Å². The summed E-state index contributed by atoms with van der Waals surface area (Å²) in [7, 11) is 0. The number of aromatic nitrogens is 2. The highest BCUT2D eigenvalue weighted by Crippen LogP contribution is 2.20. The van der Waals surface area contributed by atoms with Gasteiger partial charge in [0.15, 0.2) is 6.29 Å². The zero-order chi connectivity index (χ0) is 21.2. The standard InChI is InChI=1S/C14H15B.C11H18N2O2/c1-2-15(13-9-5-3-6-10-13)14-11-7-4-8-12-14;1-3-10(11-14-4-5-15-11)7-13-8-12-6-9(13)2/h3-12H,2H2,1H3;6,8,10-11H,3-5,7H2,1-2H3. The Balaban J connectivity index is 0.000000171. The first-order valence-electron chi connectivity index (χ1n) is 11.0. The van der Waals surface area contributed by atoms with Gasteiger partial charge in [-0.05, 0) is 13.3 Å². The van der Waals surface area contributed by atoms with Gasteiger partial charge in [-0.3, -0.25) is 0 Å². The molecular formula is C25H33BN2O2. The van der Waals surface area contributed by atoms with E-state index in [4.69, 9.17) is 9.47 Å². The van der Waals surface area contributed by atoms with Crippen molar-refractivity contribution < 1.29 is 9.47 Å². The molecule has 1 atom stereocenters. The smallest absolute Gasteiger partial charge is 0.209 e. The van der Waals surface area contributed by atoms with E-state index in [9.17, 15) is 0 Å². The molecule has 5 heteroatoms. The average molecular weight is 404 g/mol. The Morgan fingerprint density at radius 1 is 0.967 bits per heavy atom. The molecule has 1 unspecified atom stereocenters. The Labute approximate surface area is 181 Å².